The van der Waals surface area contributed by atoms with Gasteiger partial charge in [0.1, 0.15) is 6.17 Å². The van der Waals surface area contributed by atoms with E-state index in [1.165, 1.54) is 0 Å². The van der Waals surface area contributed by atoms with Gasteiger partial charge in [0, 0.05) is 32.3 Å². The van der Waals surface area contributed by atoms with Crippen molar-refractivity contribution in [2.24, 2.45) is 5.73 Å². The monoisotopic (exact) mass is 170 g/mol. The number of halogens is 1. The molecular formula is C9H15FN2. The number of likely N-dealkylation sites (N-methyl/N-ethyl adjacent to an activating group) is 1. The number of hydrogen-bond donors (Lipinski definition) is 1. The van der Waals surface area contributed by atoms with Gasteiger partial charge in [-0.05, 0) is 12.2 Å². The van der Waals surface area contributed by atoms with Crippen LogP contribution in [0.5, 0.6) is 0 Å². The minimum atomic E-state index is -0.806. The van der Waals surface area contributed by atoms with Crippen molar-refractivity contribution in [2.45, 2.75) is 12.6 Å². The van der Waals surface area contributed by atoms with Crippen LogP contribution >= 0.6 is 0 Å². The molecule has 0 aromatic carbocycles. The zero-order valence-corrected chi connectivity index (χ0v) is 7.33. The van der Waals surface area contributed by atoms with Crippen LogP contribution in [-0.2, 0) is 0 Å². The van der Waals surface area contributed by atoms with Gasteiger partial charge >= 0.3 is 0 Å². The molecule has 0 aromatic rings. The third kappa shape index (κ3) is 2.34. The number of nitrogens with zero attached hydrogens (tertiary/aromatic N) is 1. The van der Waals surface area contributed by atoms with E-state index in [4.69, 9.17) is 5.73 Å². The normalized spacial score (nSPS) is 22.2. The Hall–Kier alpha value is -0.830. The third-order valence-electron chi connectivity index (χ3n) is 1.93. The molecule has 0 saturated carbocycles. The van der Waals surface area contributed by atoms with Gasteiger partial charge in [-0.1, -0.05) is 6.08 Å². The molecule has 0 amide bonds. The van der Waals surface area contributed by atoms with Crippen LogP contribution in [-0.4, -0.2) is 31.2 Å². The molecule has 0 saturated heterocycles. The van der Waals surface area contributed by atoms with E-state index in [2.05, 4.69) is 0 Å². The van der Waals surface area contributed by atoms with Gasteiger partial charge in [-0.3, -0.25) is 0 Å². The molecule has 1 unspecified atom stereocenters. The first-order chi connectivity index (χ1) is 5.74. The summed E-state index contributed by atoms with van der Waals surface area (Å²) in [6.45, 7) is 1.44. The fourth-order valence-corrected chi connectivity index (χ4v) is 1.19. The van der Waals surface area contributed by atoms with Gasteiger partial charge in [-0.25, -0.2) is 4.39 Å². The Bertz CT molecular complexity index is 199. The van der Waals surface area contributed by atoms with E-state index in [1.54, 1.807) is 6.08 Å². The number of alkyl halides is 1. The predicted molar refractivity (Wildman–Crippen MR) is 48.4 cm³/mol. The molecule has 0 bridgehead atoms. The summed E-state index contributed by atoms with van der Waals surface area (Å²) in [6, 6.07) is 0. The van der Waals surface area contributed by atoms with E-state index in [9.17, 15) is 4.39 Å². The Morgan fingerprint density at radius 3 is 3.00 bits per heavy atom. The maximum Gasteiger partial charge on any atom is 0.122 e. The van der Waals surface area contributed by atoms with Crippen molar-refractivity contribution in [3.8, 4) is 0 Å². The maximum absolute atomic E-state index is 12.6. The minimum Gasteiger partial charge on any atom is -0.374 e. The van der Waals surface area contributed by atoms with Crippen LogP contribution in [0, 0.1) is 0 Å². The lowest BCUT2D eigenvalue weighted by atomic mass is 10.1. The van der Waals surface area contributed by atoms with E-state index in [-0.39, 0.29) is 0 Å². The van der Waals surface area contributed by atoms with Crippen LogP contribution in [0.1, 0.15) is 6.42 Å². The summed E-state index contributed by atoms with van der Waals surface area (Å²) < 4.78 is 12.6. The number of hydrogen-bond acceptors (Lipinski definition) is 2. The topological polar surface area (TPSA) is 29.3 Å². The SMILES string of the molecule is CN(CCN)C1=CCC(F)C=C1. The Morgan fingerprint density at radius 2 is 2.50 bits per heavy atom. The lowest BCUT2D eigenvalue weighted by Gasteiger charge is -2.21. The van der Waals surface area contributed by atoms with E-state index in [0.29, 0.717) is 13.0 Å². The van der Waals surface area contributed by atoms with Gasteiger partial charge in [0.05, 0.1) is 0 Å². The highest BCUT2D eigenvalue weighted by Gasteiger charge is 2.08. The number of nitrogens with two attached hydrogens (primary N) is 1. The first-order valence-corrected chi connectivity index (χ1v) is 4.17. The average molecular weight is 170 g/mol. The average Bonchev–Trinajstić information content (AvgIpc) is 2.06. The van der Waals surface area contributed by atoms with Crippen LogP contribution in [0.15, 0.2) is 23.9 Å². The highest BCUT2D eigenvalue weighted by molar-refractivity contribution is 5.22. The molecule has 2 N–H and O–H groups in total. The molecule has 0 aliphatic heterocycles. The third-order valence-corrected chi connectivity index (χ3v) is 1.93. The molecule has 3 heteroatoms. The molecule has 1 aliphatic carbocycles. The Morgan fingerprint density at radius 1 is 1.75 bits per heavy atom. The van der Waals surface area contributed by atoms with E-state index < -0.39 is 6.17 Å². The summed E-state index contributed by atoms with van der Waals surface area (Å²) >= 11 is 0. The van der Waals surface area contributed by atoms with E-state index in [0.717, 1.165) is 12.2 Å². The fraction of sp³-hybridized carbons (Fsp3) is 0.556. The lowest BCUT2D eigenvalue weighted by Crippen LogP contribution is -2.25. The summed E-state index contributed by atoms with van der Waals surface area (Å²) in [5.74, 6) is 0. The number of allylic oxidation sites excluding steroid dienone is 3. The van der Waals surface area contributed by atoms with Crippen molar-refractivity contribution in [3.05, 3.63) is 23.9 Å². The van der Waals surface area contributed by atoms with Crippen molar-refractivity contribution in [2.75, 3.05) is 20.1 Å². The van der Waals surface area contributed by atoms with Crippen molar-refractivity contribution in [1.82, 2.24) is 4.90 Å². The highest BCUT2D eigenvalue weighted by atomic mass is 19.1. The molecule has 0 aromatic heterocycles. The maximum atomic E-state index is 12.6. The van der Waals surface area contributed by atoms with Crippen LogP contribution in [0.2, 0.25) is 0 Å². The molecule has 68 valence electrons. The molecule has 0 fully saturated rings. The summed E-state index contributed by atoms with van der Waals surface area (Å²) in [5, 5.41) is 0. The molecule has 0 heterocycles. The van der Waals surface area contributed by atoms with Crippen LogP contribution in [0.25, 0.3) is 0 Å². The smallest absolute Gasteiger partial charge is 0.122 e. The van der Waals surface area contributed by atoms with Gasteiger partial charge in [0.2, 0.25) is 0 Å². The largest absolute Gasteiger partial charge is 0.374 e. The fourth-order valence-electron chi connectivity index (χ4n) is 1.19. The minimum absolute atomic E-state index is 0.487. The standard InChI is InChI=1S/C9H15FN2/c1-12(7-6-11)9-4-2-8(10)3-5-9/h2,4-5,8H,3,6-7,11H2,1H3. The Balaban J connectivity index is 2.48. The lowest BCUT2D eigenvalue weighted by molar-refractivity contribution is 0.384. The van der Waals surface area contributed by atoms with Gasteiger partial charge in [-0.2, -0.15) is 0 Å². The van der Waals surface area contributed by atoms with Crippen LogP contribution in [0.4, 0.5) is 4.39 Å². The first kappa shape index (κ1) is 9.26. The van der Waals surface area contributed by atoms with E-state index >= 15 is 0 Å². The van der Waals surface area contributed by atoms with Gasteiger partial charge in [-0.15, -0.1) is 0 Å². The highest BCUT2D eigenvalue weighted by Crippen LogP contribution is 2.14. The molecule has 2 nitrogen and oxygen atoms in total. The molecule has 1 rings (SSSR count). The van der Waals surface area contributed by atoms with E-state index in [1.807, 2.05) is 24.1 Å². The molecular weight excluding hydrogens is 155 g/mol. The summed E-state index contributed by atoms with van der Waals surface area (Å²) in [7, 11) is 1.96. The Kier molecular flexibility index (Phi) is 3.29. The van der Waals surface area contributed by atoms with Gasteiger partial charge in [0.25, 0.3) is 0 Å². The molecule has 1 atom stereocenters. The predicted octanol–water partition coefficient (Wildman–Crippen LogP) is 1.06. The van der Waals surface area contributed by atoms with Crippen molar-refractivity contribution >= 4 is 0 Å². The van der Waals surface area contributed by atoms with Gasteiger partial charge in [0.15, 0.2) is 0 Å². The molecule has 12 heavy (non-hydrogen) atoms. The summed E-state index contributed by atoms with van der Waals surface area (Å²) in [5.41, 5.74) is 6.46. The number of rotatable bonds is 3. The van der Waals surface area contributed by atoms with Gasteiger partial charge < -0.3 is 10.6 Å². The zero-order chi connectivity index (χ0) is 8.97. The molecule has 0 spiro atoms. The molecule has 0 radical (unpaired) electrons. The van der Waals surface area contributed by atoms with Crippen molar-refractivity contribution in [1.29, 1.82) is 0 Å². The molecule has 1 aliphatic rings. The Labute approximate surface area is 72.5 Å². The second-order valence-corrected chi connectivity index (χ2v) is 2.95. The second-order valence-electron chi connectivity index (χ2n) is 2.95. The zero-order valence-electron chi connectivity index (χ0n) is 7.33. The summed E-state index contributed by atoms with van der Waals surface area (Å²) in [6.07, 6.45) is 4.98. The van der Waals surface area contributed by atoms with Crippen LogP contribution < -0.4 is 5.73 Å². The second kappa shape index (κ2) is 4.26. The summed E-state index contributed by atoms with van der Waals surface area (Å²) in [4.78, 5) is 2.03. The van der Waals surface area contributed by atoms with Crippen molar-refractivity contribution in [3.63, 3.8) is 0 Å². The first-order valence-electron chi connectivity index (χ1n) is 4.17. The van der Waals surface area contributed by atoms with Crippen LogP contribution in [0.3, 0.4) is 0 Å². The quantitative estimate of drug-likeness (QED) is 0.686. The van der Waals surface area contributed by atoms with Crippen molar-refractivity contribution < 1.29 is 4.39 Å².